The minimum absolute atomic E-state index is 0.105. The summed E-state index contributed by atoms with van der Waals surface area (Å²) in [5, 5.41) is 11.9. The van der Waals surface area contributed by atoms with Crippen molar-refractivity contribution in [3.63, 3.8) is 0 Å². The van der Waals surface area contributed by atoms with Crippen molar-refractivity contribution < 1.29 is 19.4 Å². The number of carboxylic acid groups (broad SMARTS) is 1. The van der Waals surface area contributed by atoms with E-state index >= 15 is 0 Å². The summed E-state index contributed by atoms with van der Waals surface area (Å²) in [5.74, 6) is -0.169. The van der Waals surface area contributed by atoms with E-state index in [2.05, 4.69) is 5.32 Å². The van der Waals surface area contributed by atoms with Gasteiger partial charge < -0.3 is 15.2 Å². The van der Waals surface area contributed by atoms with Crippen molar-refractivity contribution in [3.8, 4) is 0 Å². The number of carboxylic acids is 1. The Hall–Kier alpha value is -1.53. The molecule has 0 bridgehead atoms. The topological polar surface area (TPSA) is 75.6 Å². The molecular weight excluding hydrogens is 290 g/mol. The number of hydrogen-bond acceptors (Lipinski definition) is 4. The highest BCUT2D eigenvalue weighted by atomic mass is 32.2. The summed E-state index contributed by atoms with van der Waals surface area (Å²) in [7, 11) is 0. The SMILES string of the molecule is O=C(COCCc1ccccc1)NC1(C(=O)O)CCSC1. The predicted octanol–water partition coefficient (Wildman–Crippen LogP) is 1.32. The number of carbonyl (C=O) groups excluding carboxylic acids is 1. The summed E-state index contributed by atoms with van der Waals surface area (Å²) in [6.45, 7) is 0.332. The largest absolute Gasteiger partial charge is 0.479 e. The van der Waals surface area contributed by atoms with E-state index in [0.717, 1.165) is 17.7 Å². The molecule has 6 heteroatoms. The van der Waals surface area contributed by atoms with Gasteiger partial charge in [-0.2, -0.15) is 11.8 Å². The zero-order valence-electron chi connectivity index (χ0n) is 11.7. The molecular formula is C15H19NO4S. The molecule has 1 amide bonds. The molecule has 1 aromatic rings. The van der Waals surface area contributed by atoms with E-state index in [1.165, 1.54) is 0 Å². The maximum atomic E-state index is 11.8. The summed E-state index contributed by atoms with van der Waals surface area (Å²) in [5.41, 5.74) is 0.0250. The standard InChI is InChI=1S/C15H19NO4S/c17-13(16-15(14(18)19)7-9-21-11-15)10-20-8-6-12-4-2-1-3-5-12/h1-5H,6-11H2,(H,16,17)(H,18,19). The molecule has 114 valence electrons. The number of rotatable bonds is 7. The van der Waals surface area contributed by atoms with Crippen LogP contribution >= 0.6 is 11.8 Å². The molecule has 5 nitrogen and oxygen atoms in total. The van der Waals surface area contributed by atoms with Gasteiger partial charge in [0.05, 0.1) is 6.61 Å². The van der Waals surface area contributed by atoms with Gasteiger partial charge in [-0.15, -0.1) is 0 Å². The smallest absolute Gasteiger partial charge is 0.330 e. The summed E-state index contributed by atoms with van der Waals surface area (Å²) >= 11 is 1.54. The lowest BCUT2D eigenvalue weighted by Gasteiger charge is -2.24. The number of amides is 1. The van der Waals surface area contributed by atoms with Gasteiger partial charge >= 0.3 is 5.97 Å². The fourth-order valence-electron chi connectivity index (χ4n) is 2.19. The number of ether oxygens (including phenoxy) is 1. The zero-order chi connectivity index (χ0) is 15.1. The van der Waals surface area contributed by atoms with Crippen molar-refractivity contribution in [1.29, 1.82) is 0 Å². The van der Waals surface area contributed by atoms with Gasteiger partial charge in [-0.1, -0.05) is 30.3 Å². The zero-order valence-corrected chi connectivity index (χ0v) is 12.5. The Kier molecular flexibility index (Phi) is 5.64. The van der Waals surface area contributed by atoms with Crippen molar-refractivity contribution in [2.24, 2.45) is 0 Å². The minimum atomic E-state index is -1.12. The molecule has 21 heavy (non-hydrogen) atoms. The van der Waals surface area contributed by atoms with Gasteiger partial charge in [0.15, 0.2) is 0 Å². The number of benzene rings is 1. The lowest BCUT2D eigenvalue weighted by Crippen LogP contribution is -2.55. The number of nitrogens with one attached hydrogen (secondary N) is 1. The van der Waals surface area contributed by atoms with Crippen molar-refractivity contribution in [2.45, 2.75) is 18.4 Å². The van der Waals surface area contributed by atoms with Crippen LogP contribution in [0, 0.1) is 0 Å². The molecule has 1 heterocycles. The Morgan fingerprint density at radius 1 is 1.33 bits per heavy atom. The van der Waals surface area contributed by atoms with Crippen molar-refractivity contribution in [1.82, 2.24) is 5.32 Å². The van der Waals surface area contributed by atoms with Gasteiger partial charge in [0, 0.05) is 5.75 Å². The lowest BCUT2D eigenvalue weighted by molar-refractivity contribution is -0.147. The fraction of sp³-hybridized carbons (Fsp3) is 0.467. The maximum absolute atomic E-state index is 11.8. The van der Waals surface area contributed by atoms with Crippen LogP contribution in [-0.4, -0.2) is 47.2 Å². The second-order valence-electron chi connectivity index (χ2n) is 5.03. The molecule has 2 N–H and O–H groups in total. The highest BCUT2D eigenvalue weighted by Crippen LogP contribution is 2.28. The second kappa shape index (κ2) is 7.47. The van der Waals surface area contributed by atoms with Crippen molar-refractivity contribution in [2.75, 3.05) is 24.7 Å². The number of hydrogen-bond donors (Lipinski definition) is 2. The minimum Gasteiger partial charge on any atom is -0.479 e. The number of aliphatic carboxylic acids is 1. The molecule has 1 saturated heterocycles. The van der Waals surface area contributed by atoms with Crippen LogP contribution in [-0.2, 0) is 20.7 Å². The third-order valence-corrected chi connectivity index (χ3v) is 4.61. The first-order valence-corrected chi connectivity index (χ1v) is 8.02. The average Bonchev–Trinajstić information content (AvgIpc) is 2.94. The molecule has 1 fully saturated rings. The van der Waals surface area contributed by atoms with Crippen LogP contribution in [0.2, 0.25) is 0 Å². The second-order valence-corrected chi connectivity index (χ2v) is 6.13. The highest BCUT2D eigenvalue weighted by molar-refractivity contribution is 7.99. The van der Waals surface area contributed by atoms with E-state index in [4.69, 9.17) is 4.74 Å². The molecule has 0 spiro atoms. The molecule has 1 aromatic carbocycles. The van der Waals surface area contributed by atoms with Gasteiger partial charge in [0.25, 0.3) is 0 Å². The summed E-state index contributed by atoms with van der Waals surface area (Å²) in [6, 6.07) is 9.85. The Labute approximate surface area is 128 Å². The van der Waals surface area contributed by atoms with Crippen LogP contribution in [0.4, 0.5) is 0 Å². The molecule has 1 atom stereocenters. The molecule has 1 unspecified atom stereocenters. The van der Waals surface area contributed by atoms with Gasteiger partial charge in [-0.3, -0.25) is 4.79 Å². The number of carbonyl (C=O) groups is 2. The Morgan fingerprint density at radius 2 is 2.10 bits per heavy atom. The van der Waals surface area contributed by atoms with Crippen molar-refractivity contribution >= 4 is 23.6 Å². The Balaban J connectivity index is 1.71. The highest BCUT2D eigenvalue weighted by Gasteiger charge is 2.43. The first-order chi connectivity index (χ1) is 10.1. The van der Waals surface area contributed by atoms with E-state index in [1.807, 2.05) is 30.3 Å². The molecule has 2 rings (SSSR count). The molecule has 0 aromatic heterocycles. The average molecular weight is 309 g/mol. The van der Waals surface area contributed by atoms with Crippen LogP contribution in [0.25, 0.3) is 0 Å². The van der Waals surface area contributed by atoms with Crippen LogP contribution in [0.5, 0.6) is 0 Å². The van der Waals surface area contributed by atoms with Gasteiger partial charge in [-0.25, -0.2) is 4.79 Å². The van der Waals surface area contributed by atoms with E-state index in [-0.39, 0.29) is 12.5 Å². The maximum Gasteiger partial charge on any atom is 0.330 e. The third-order valence-electron chi connectivity index (χ3n) is 3.42. The van der Waals surface area contributed by atoms with E-state index in [1.54, 1.807) is 11.8 Å². The third kappa shape index (κ3) is 4.47. The molecule has 0 radical (unpaired) electrons. The van der Waals surface area contributed by atoms with E-state index in [0.29, 0.717) is 18.8 Å². The Bertz CT molecular complexity index is 486. The first kappa shape index (κ1) is 15.9. The van der Waals surface area contributed by atoms with Gasteiger partial charge in [0.2, 0.25) is 5.91 Å². The van der Waals surface area contributed by atoms with Crippen LogP contribution in [0.15, 0.2) is 30.3 Å². The van der Waals surface area contributed by atoms with Crippen molar-refractivity contribution in [3.05, 3.63) is 35.9 Å². The normalized spacial score (nSPS) is 21.1. The summed E-state index contributed by atoms with van der Waals surface area (Å²) in [6.07, 6.45) is 1.19. The summed E-state index contributed by atoms with van der Waals surface area (Å²) in [4.78, 5) is 23.1. The predicted molar refractivity (Wildman–Crippen MR) is 81.4 cm³/mol. The van der Waals surface area contributed by atoms with E-state index < -0.39 is 11.5 Å². The van der Waals surface area contributed by atoms with Gasteiger partial charge in [0.1, 0.15) is 12.1 Å². The van der Waals surface area contributed by atoms with Gasteiger partial charge in [-0.05, 0) is 24.2 Å². The fourth-order valence-corrected chi connectivity index (χ4v) is 3.51. The molecule has 0 aliphatic carbocycles. The van der Waals surface area contributed by atoms with Crippen LogP contribution in [0.1, 0.15) is 12.0 Å². The quantitative estimate of drug-likeness (QED) is 0.743. The molecule has 1 aliphatic heterocycles. The first-order valence-electron chi connectivity index (χ1n) is 6.86. The van der Waals surface area contributed by atoms with E-state index in [9.17, 15) is 14.7 Å². The molecule has 1 aliphatic rings. The monoisotopic (exact) mass is 309 g/mol. The number of thioether (sulfide) groups is 1. The molecule has 0 saturated carbocycles. The lowest BCUT2D eigenvalue weighted by atomic mass is 9.99. The Morgan fingerprint density at radius 3 is 2.71 bits per heavy atom. The van der Waals surface area contributed by atoms with Crippen LogP contribution < -0.4 is 5.32 Å². The summed E-state index contributed by atoms with van der Waals surface area (Å²) < 4.78 is 5.32. The van der Waals surface area contributed by atoms with Crippen LogP contribution in [0.3, 0.4) is 0 Å².